The van der Waals surface area contributed by atoms with Crippen LogP contribution in [0.25, 0.3) is 0 Å². The first kappa shape index (κ1) is 34.2. The van der Waals surface area contributed by atoms with E-state index in [1.54, 1.807) is 51.1 Å². The summed E-state index contributed by atoms with van der Waals surface area (Å²) in [6.07, 6.45) is 0.241. The molecule has 2 aromatic carbocycles. The van der Waals surface area contributed by atoms with E-state index in [1.807, 2.05) is 6.07 Å². The van der Waals surface area contributed by atoms with Crippen molar-refractivity contribution >= 4 is 53.0 Å². The van der Waals surface area contributed by atoms with Crippen molar-refractivity contribution in [1.29, 1.82) is 0 Å². The topological polar surface area (TPSA) is 184 Å². The summed E-state index contributed by atoms with van der Waals surface area (Å²) in [6, 6.07) is 9.18. The molecule has 1 atom stereocenters. The van der Waals surface area contributed by atoms with Crippen LogP contribution >= 0.6 is 11.6 Å². The maximum Gasteiger partial charge on any atom is 0.408 e. The summed E-state index contributed by atoms with van der Waals surface area (Å²) in [6.45, 7) is 5.59. The van der Waals surface area contributed by atoms with Gasteiger partial charge in [-0.15, -0.1) is 0 Å². The van der Waals surface area contributed by atoms with Gasteiger partial charge in [0, 0.05) is 35.8 Å². The molecule has 1 unspecified atom stereocenters. The molecule has 0 aromatic heterocycles. The van der Waals surface area contributed by atoms with E-state index in [4.69, 9.17) is 21.1 Å². The molecule has 246 valence electrons. The number of benzene rings is 2. The third kappa shape index (κ3) is 9.65. The molecule has 1 saturated heterocycles. The highest BCUT2D eigenvalue weighted by Gasteiger charge is 2.39. The van der Waals surface area contributed by atoms with Crippen molar-refractivity contribution in [3.05, 3.63) is 63.7 Å². The zero-order valence-electron chi connectivity index (χ0n) is 25.8. The second-order valence-electron chi connectivity index (χ2n) is 11.8. The Hall–Kier alpha value is -4.69. The number of alkyl carbamates (subject to hydrolysis) is 1. The van der Waals surface area contributed by atoms with E-state index in [9.17, 15) is 28.8 Å². The molecule has 0 spiro atoms. The van der Waals surface area contributed by atoms with Gasteiger partial charge in [-0.05, 0) is 68.5 Å². The van der Waals surface area contributed by atoms with Crippen molar-refractivity contribution in [2.75, 3.05) is 25.2 Å². The molecule has 2 aliphatic rings. The Labute approximate surface area is 270 Å². The lowest BCUT2D eigenvalue weighted by Gasteiger charge is -2.29. The third-order valence-electron chi connectivity index (χ3n) is 7.03. The summed E-state index contributed by atoms with van der Waals surface area (Å²) in [4.78, 5) is 74.1. The minimum Gasteiger partial charge on any atom is -0.444 e. The summed E-state index contributed by atoms with van der Waals surface area (Å²) in [5, 5.41) is 13.1. The molecule has 1 fully saturated rings. The standard InChI is InChI=1S/C31H37ClN6O8/c1-31(2,3)46-30(44)34-15-26(40)35-17-45-11-10-19-5-6-21(13-23(19)32)36-29(43)33-14-18-4-7-22-20(12-18)16-38(28(22)42)24-8-9-25(39)37-27(24)41/h4-7,12-13,24H,8-11,14-17H2,1-3H3,(H,34,44)(H,35,40)(H2,33,36,43)(H,37,39,41). The van der Waals surface area contributed by atoms with E-state index in [1.165, 1.54) is 4.90 Å². The summed E-state index contributed by atoms with van der Waals surface area (Å²) in [7, 11) is 0. The monoisotopic (exact) mass is 656 g/mol. The van der Waals surface area contributed by atoms with Gasteiger partial charge in [0.05, 0.1) is 6.61 Å². The van der Waals surface area contributed by atoms with Crippen LogP contribution in [0.1, 0.15) is 60.7 Å². The number of piperidine rings is 1. The molecule has 0 aliphatic carbocycles. The predicted molar refractivity (Wildman–Crippen MR) is 167 cm³/mol. The number of nitrogens with one attached hydrogen (secondary N) is 5. The highest BCUT2D eigenvalue weighted by atomic mass is 35.5. The number of anilines is 1. The lowest BCUT2D eigenvalue weighted by atomic mass is 10.0. The van der Waals surface area contributed by atoms with Crippen LogP contribution in [0, 0.1) is 0 Å². The van der Waals surface area contributed by atoms with Gasteiger partial charge in [0.15, 0.2) is 0 Å². The first-order valence-electron chi connectivity index (χ1n) is 14.7. The molecular weight excluding hydrogens is 620 g/mol. The van der Waals surface area contributed by atoms with E-state index in [0.29, 0.717) is 22.7 Å². The number of imide groups is 1. The summed E-state index contributed by atoms with van der Waals surface area (Å²) < 4.78 is 10.5. The van der Waals surface area contributed by atoms with Gasteiger partial charge < -0.3 is 35.6 Å². The van der Waals surface area contributed by atoms with Crippen molar-refractivity contribution in [2.45, 2.75) is 64.8 Å². The second-order valence-corrected chi connectivity index (χ2v) is 12.2. The Morgan fingerprint density at radius 1 is 1.04 bits per heavy atom. The van der Waals surface area contributed by atoms with Gasteiger partial charge in [0.2, 0.25) is 17.7 Å². The molecule has 14 nitrogen and oxygen atoms in total. The van der Waals surface area contributed by atoms with E-state index >= 15 is 0 Å². The van der Waals surface area contributed by atoms with Gasteiger partial charge in [-0.3, -0.25) is 24.5 Å². The van der Waals surface area contributed by atoms with Crippen LogP contribution in [0.3, 0.4) is 0 Å². The second kappa shape index (κ2) is 15.1. The average Bonchev–Trinajstić information content (AvgIpc) is 3.30. The number of hydrogen-bond acceptors (Lipinski definition) is 8. The van der Waals surface area contributed by atoms with Crippen molar-refractivity contribution in [2.24, 2.45) is 0 Å². The normalized spacial score (nSPS) is 16.0. The Morgan fingerprint density at radius 3 is 2.54 bits per heavy atom. The van der Waals surface area contributed by atoms with E-state index < -0.39 is 35.6 Å². The molecule has 4 rings (SSSR count). The number of hydrogen-bond donors (Lipinski definition) is 5. The van der Waals surface area contributed by atoms with Crippen molar-refractivity contribution in [3.8, 4) is 0 Å². The first-order valence-corrected chi connectivity index (χ1v) is 15.1. The van der Waals surface area contributed by atoms with E-state index in [2.05, 4.69) is 26.6 Å². The molecule has 2 aliphatic heterocycles. The van der Waals surface area contributed by atoms with Gasteiger partial charge in [-0.2, -0.15) is 0 Å². The van der Waals surface area contributed by atoms with E-state index in [0.717, 1.165) is 16.7 Å². The Morgan fingerprint density at radius 2 is 1.83 bits per heavy atom. The number of fused-ring (bicyclic) bond motifs is 1. The van der Waals surface area contributed by atoms with Crippen LogP contribution in [-0.4, -0.2) is 72.2 Å². The van der Waals surface area contributed by atoms with Gasteiger partial charge in [0.1, 0.15) is 24.9 Å². The zero-order chi connectivity index (χ0) is 33.4. The summed E-state index contributed by atoms with van der Waals surface area (Å²) in [5.74, 6) is -1.50. The quantitative estimate of drug-likeness (QED) is 0.139. The zero-order valence-corrected chi connectivity index (χ0v) is 26.5. The summed E-state index contributed by atoms with van der Waals surface area (Å²) >= 11 is 6.39. The number of rotatable bonds is 11. The summed E-state index contributed by atoms with van der Waals surface area (Å²) in [5.41, 5.74) is 2.62. The number of amides is 7. The van der Waals surface area contributed by atoms with Crippen LogP contribution < -0.4 is 26.6 Å². The van der Waals surface area contributed by atoms with Crippen molar-refractivity contribution in [3.63, 3.8) is 0 Å². The molecule has 5 N–H and O–H groups in total. The number of carbonyl (C=O) groups excluding carboxylic acids is 6. The molecule has 2 heterocycles. The molecule has 0 radical (unpaired) electrons. The van der Waals surface area contributed by atoms with Crippen LogP contribution in [-0.2, 0) is 43.4 Å². The Kier molecular flexibility index (Phi) is 11.2. The van der Waals surface area contributed by atoms with Gasteiger partial charge in [-0.25, -0.2) is 9.59 Å². The largest absolute Gasteiger partial charge is 0.444 e. The minimum atomic E-state index is -0.690. The molecular formula is C31H37ClN6O8. The fourth-order valence-electron chi connectivity index (χ4n) is 4.84. The molecule has 15 heteroatoms. The number of carbonyl (C=O) groups is 6. The maximum absolute atomic E-state index is 12.9. The number of nitrogens with zero attached hydrogens (tertiary/aromatic N) is 1. The van der Waals surface area contributed by atoms with Gasteiger partial charge in [-0.1, -0.05) is 29.8 Å². The molecule has 0 saturated carbocycles. The highest BCUT2D eigenvalue weighted by molar-refractivity contribution is 6.31. The molecule has 0 bridgehead atoms. The Bertz CT molecular complexity index is 1520. The lowest BCUT2D eigenvalue weighted by Crippen LogP contribution is -2.52. The number of urea groups is 1. The molecule has 2 aromatic rings. The van der Waals surface area contributed by atoms with Crippen molar-refractivity contribution in [1.82, 2.24) is 26.2 Å². The average molecular weight is 657 g/mol. The smallest absolute Gasteiger partial charge is 0.408 e. The SMILES string of the molecule is CC(C)(C)OC(=O)NCC(=O)NCOCCc1ccc(NC(=O)NCc2ccc3c(c2)CN(C2CCC(=O)NC2=O)C3=O)cc1Cl. The Balaban J connectivity index is 1.16. The number of halogens is 1. The lowest BCUT2D eigenvalue weighted by molar-refractivity contribution is -0.137. The van der Waals surface area contributed by atoms with Crippen LogP contribution in [0.5, 0.6) is 0 Å². The predicted octanol–water partition coefficient (Wildman–Crippen LogP) is 2.58. The minimum absolute atomic E-state index is 0.0507. The van der Waals surface area contributed by atoms with Crippen LogP contribution in [0.2, 0.25) is 5.02 Å². The molecule has 46 heavy (non-hydrogen) atoms. The van der Waals surface area contributed by atoms with E-state index in [-0.39, 0.29) is 57.6 Å². The van der Waals surface area contributed by atoms with Crippen LogP contribution in [0.4, 0.5) is 15.3 Å². The van der Waals surface area contributed by atoms with Gasteiger partial charge in [0.25, 0.3) is 5.91 Å². The van der Waals surface area contributed by atoms with Crippen molar-refractivity contribution < 1.29 is 38.2 Å². The molecule has 7 amide bonds. The fourth-order valence-corrected chi connectivity index (χ4v) is 5.11. The van der Waals surface area contributed by atoms with Gasteiger partial charge >= 0.3 is 12.1 Å². The van der Waals surface area contributed by atoms with Crippen LogP contribution in [0.15, 0.2) is 36.4 Å². The fraction of sp³-hybridized carbons (Fsp3) is 0.419. The number of ether oxygens (including phenoxy) is 2. The third-order valence-corrected chi connectivity index (χ3v) is 7.38. The maximum atomic E-state index is 12.9. The first-order chi connectivity index (χ1) is 21.8. The highest BCUT2D eigenvalue weighted by Crippen LogP contribution is 2.28.